The highest BCUT2D eigenvalue weighted by atomic mass is 32.1. The Morgan fingerprint density at radius 1 is 1.36 bits per heavy atom. The van der Waals surface area contributed by atoms with Gasteiger partial charge in [0, 0.05) is 11.9 Å². The van der Waals surface area contributed by atoms with Crippen molar-refractivity contribution in [2.75, 3.05) is 6.61 Å². The summed E-state index contributed by atoms with van der Waals surface area (Å²) in [6.07, 6.45) is 1.43. The molecule has 0 aliphatic carbocycles. The van der Waals surface area contributed by atoms with Crippen LogP contribution in [0.4, 0.5) is 5.00 Å². The van der Waals surface area contributed by atoms with E-state index in [1.807, 2.05) is 30.3 Å². The van der Waals surface area contributed by atoms with Crippen molar-refractivity contribution in [1.82, 2.24) is 9.78 Å². The van der Waals surface area contributed by atoms with Gasteiger partial charge in [0.15, 0.2) is 0 Å². The number of nitrogens with zero attached hydrogens (tertiary/aromatic N) is 3. The molecule has 142 valence electrons. The third-order valence-electron chi connectivity index (χ3n) is 4.14. The first-order chi connectivity index (χ1) is 13.5. The first-order valence-electron chi connectivity index (χ1n) is 8.59. The van der Waals surface area contributed by atoms with Gasteiger partial charge in [-0.05, 0) is 38.5 Å². The van der Waals surface area contributed by atoms with Crippen LogP contribution in [0, 0.1) is 25.2 Å². The molecule has 0 saturated carbocycles. The lowest BCUT2D eigenvalue weighted by molar-refractivity contribution is 0.0531. The van der Waals surface area contributed by atoms with Crippen molar-refractivity contribution in [3.05, 3.63) is 67.9 Å². The van der Waals surface area contributed by atoms with Crippen LogP contribution in [-0.2, 0) is 4.74 Å². The highest BCUT2D eigenvalue weighted by Crippen LogP contribution is 2.35. The van der Waals surface area contributed by atoms with Crippen LogP contribution in [0.3, 0.4) is 0 Å². The van der Waals surface area contributed by atoms with E-state index in [1.54, 1.807) is 20.8 Å². The number of hydrogen-bond acceptors (Lipinski definition) is 6. The highest BCUT2D eigenvalue weighted by molar-refractivity contribution is 7.18. The molecule has 2 heterocycles. The molecule has 3 rings (SSSR count). The van der Waals surface area contributed by atoms with Gasteiger partial charge in [-0.25, -0.2) is 14.5 Å². The molecule has 0 unspecified atom stereocenters. The Labute approximate surface area is 165 Å². The van der Waals surface area contributed by atoms with Crippen LogP contribution in [0.2, 0.25) is 0 Å². The molecule has 0 aliphatic heterocycles. The largest absolute Gasteiger partial charge is 0.462 e. The van der Waals surface area contributed by atoms with Gasteiger partial charge in [0.1, 0.15) is 15.9 Å². The van der Waals surface area contributed by atoms with E-state index in [2.05, 4.69) is 16.2 Å². The van der Waals surface area contributed by atoms with Crippen molar-refractivity contribution in [3.8, 4) is 11.8 Å². The fraction of sp³-hybridized carbons (Fsp3) is 0.200. The number of H-pyrrole nitrogens is 1. The molecule has 0 atom stereocenters. The molecule has 0 spiro atoms. The van der Waals surface area contributed by atoms with Gasteiger partial charge in [0.05, 0.1) is 23.4 Å². The molecule has 1 aromatic carbocycles. The summed E-state index contributed by atoms with van der Waals surface area (Å²) in [6.45, 7) is 5.43. The van der Waals surface area contributed by atoms with E-state index in [0.717, 1.165) is 11.3 Å². The van der Waals surface area contributed by atoms with Crippen molar-refractivity contribution < 1.29 is 9.53 Å². The van der Waals surface area contributed by atoms with E-state index in [4.69, 9.17) is 4.74 Å². The number of thiophene rings is 1. The normalized spacial score (nSPS) is 10.9. The number of aromatic nitrogens is 2. The van der Waals surface area contributed by atoms with Gasteiger partial charge in [-0.15, -0.1) is 11.3 Å². The predicted octanol–water partition coefficient (Wildman–Crippen LogP) is 3.64. The molecular formula is C20H18N4O3S. The number of nitrogens with one attached hydrogen (secondary N) is 1. The SMILES string of the molecule is CCOC(=O)c1sc(/N=C/c2c(C)[nH]n(-c3ccccc3)c2=O)c(C#N)c1C. The van der Waals surface area contributed by atoms with Gasteiger partial charge < -0.3 is 4.74 Å². The number of carbonyl (C=O) groups is 1. The fourth-order valence-corrected chi connectivity index (χ4v) is 3.70. The summed E-state index contributed by atoms with van der Waals surface area (Å²) in [5.74, 6) is -0.479. The van der Waals surface area contributed by atoms with Crippen LogP contribution in [0.25, 0.3) is 5.69 Å². The Kier molecular flexibility index (Phi) is 5.57. The number of ether oxygens (including phenoxy) is 1. The third-order valence-corrected chi connectivity index (χ3v) is 5.32. The number of hydrogen-bond donors (Lipinski definition) is 1. The molecule has 0 aliphatic rings. The van der Waals surface area contributed by atoms with Crippen LogP contribution in [0.5, 0.6) is 0 Å². The standard InChI is InChI=1S/C20H18N4O3S/c1-4-27-20(26)17-12(2)15(10-21)18(28-17)22-11-16-13(3)23-24(19(16)25)14-8-6-5-7-9-14/h5-9,11,23H,4H2,1-3H3/b22-11+. The Morgan fingerprint density at radius 2 is 2.07 bits per heavy atom. The molecule has 1 N–H and O–H groups in total. The zero-order valence-corrected chi connectivity index (χ0v) is 16.5. The van der Waals surface area contributed by atoms with E-state index in [9.17, 15) is 14.9 Å². The quantitative estimate of drug-likeness (QED) is 0.527. The summed E-state index contributed by atoms with van der Waals surface area (Å²) in [5, 5.41) is 12.8. The second kappa shape index (κ2) is 8.06. The number of para-hydroxylation sites is 1. The van der Waals surface area contributed by atoms with Crippen LogP contribution < -0.4 is 5.56 Å². The molecule has 8 heteroatoms. The monoisotopic (exact) mass is 394 g/mol. The summed E-state index contributed by atoms with van der Waals surface area (Å²) in [6, 6.07) is 11.3. The summed E-state index contributed by atoms with van der Waals surface area (Å²) in [7, 11) is 0. The average molecular weight is 394 g/mol. The molecule has 0 saturated heterocycles. The molecule has 28 heavy (non-hydrogen) atoms. The number of aliphatic imine (C=N–C) groups is 1. The molecule has 2 aromatic heterocycles. The maximum Gasteiger partial charge on any atom is 0.348 e. The van der Waals surface area contributed by atoms with E-state index < -0.39 is 5.97 Å². The number of carbonyl (C=O) groups excluding carboxylic acids is 1. The third kappa shape index (κ3) is 3.52. The number of benzene rings is 1. The van der Waals surface area contributed by atoms with Crippen molar-refractivity contribution in [1.29, 1.82) is 5.26 Å². The van der Waals surface area contributed by atoms with Gasteiger partial charge in [0.25, 0.3) is 5.56 Å². The van der Waals surface area contributed by atoms with Crippen LogP contribution in [0.15, 0.2) is 40.1 Å². The van der Waals surface area contributed by atoms with Gasteiger partial charge in [-0.1, -0.05) is 18.2 Å². The Bertz CT molecular complexity index is 1150. The minimum absolute atomic E-state index is 0.246. The minimum atomic E-state index is -0.479. The van der Waals surface area contributed by atoms with E-state index in [0.29, 0.717) is 37.9 Å². The summed E-state index contributed by atoms with van der Waals surface area (Å²) in [4.78, 5) is 29.5. The summed E-state index contributed by atoms with van der Waals surface area (Å²) >= 11 is 1.08. The zero-order valence-electron chi connectivity index (χ0n) is 15.6. The number of aryl methyl sites for hydroxylation is 1. The lowest BCUT2D eigenvalue weighted by Crippen LogP contribution is -2.17. The van der Waals surface area contributed by atoms with Gasteiger partial charge in [0.2, 0.25) is 0 Å². The maximum absolute atomic E-state index is 12.7. The van der Waals surface area contributed by atoms with Crippen LogP contribution >= 0.6 is 11.3 Å². The summed E-state index contributed by atoms with van der Waals surface area (Å²) < 4.78 is 6.46. The highest BCUT2D eigenvalue weighted by Gasteiger charge is 2.21. The lowest BCUT2D eigenvalue weighted by Gasteiger charge is -1.99. The summed E-state index contributed by atoms with van der Waals surface area (Å²) in [5.41, 5.74) is 2.34. The second-order valence-electron chi connectivity index (χ2n) is 5.95. The number of esters is 1. The van der Waals surface area contributed by atoms with Crippen LogP contribution in [-0.4, -0.2) is 28.6 Å². The van der Waals surface area contributed by atoms with Gasteiger partial charge in [-0.2, -0.15) is 5.26 Å². The van der Waals surface area contributed by atoms with Crippen molar-refractivity contribution >= 4 is 28.5 Å². The zero-order chi connectivity index (χ0) is 20.3. The minimum Gasteiger partial charge on any atom is -0.462 e. The number of rotatable bonds is 5. The van der Waals surface area contributed by atoms with Crippen molar-refractivity contribution in [2.24, 2.45) is 4.99 Å². The molecule has 0 fully saturated rings. The molecular weight excluding hydrogens is 376 g/mol. The molecule has 3 aromatic rings. The molecule has 0 radical (unpaired) electrons. The number of aromatic amines is 1. The molecule has 0 bridgehead atoms. The predicted molar refractivity (Wildman–Crippen MR) is 108 cm³/mol. The maximum atomic E-state index is 12.7. The Morgan fingerprint density at radius 3 is 2.71 bits per heavy atom. The van der Waals surface area contributed by atoms with E-state index in [1.165, 1.54) is 10.9 Å². The van der Waals surface area contributed by atoms with Crippen molar-refractivity contribution in [2.45, 2.75) is 20.8 Å². The smallest absolute Gasteiger partial charge is 0.348 e. The van der Waals surface area contributed by atoms with Gasteiger partial charge >= 0.3 is 5.97 Å². The van der Waals surface area contributed by atoms with E-state index in [-0.39, 0.29) is 12.2 Å². The average Bonchev–Trinajstić information content (AvgIpc) is 3.16. The lowest BCUT2D eigenvalue weighted by atomic mass is 10.2. The fourth-order valence-electron chi connectivity index (χ4n) is 2.71. The first-order valence-corrected chi connectivity index (χ1v) is 9.41. The van der Waals surface area contributed by atoms with Crippen molar-refractivity contribution in [3.63, 3.8) is 0 Å². The van der Waals surface area contributed by atoms with E-state index >= 15 is 0 Å². The second-order valence-corrected chi connectivity index (χ2v) is 6.95. The number of nitriles is 1. The molecule has 7 nitrogen and oxygen atoms in total. The Balaban J connectivity index is 2.01. The molecule has 0 amide bonds. The first kappa shape index (κ1) is 19.3. The topological polar surface area (TPSA) is 100 Å². The Hall–Kier alpha value is -3.44. The van der Waals surface area contributed by atoms with Gasteiger partial charge in [-0.3, -0.25) is 9.89 Å². The van der Waals surface area contributed by atoms with Crippen LogP contribution in [0.1, 0.15) is 39.0 Å².